The predicted molar refractivity (Wildman–Crippen MR) is 210 cm³/mol. The van der Waals surface area contributed by atoms with Gasteiger partial charge in [0.05, 0.1) is 25.2 Å². The van der Waals surface area contributed by atoms with E-state index in [4.69, 9.17) is 31.2 Å². The molecule has 0 spiro atoms. The number of nitrogens with zero attached hydrogens (tertiary/aromatic N) is 1. The fourth-order valence-electron chi connectivity index (χ4n) is 7.93. The van der Waals surface area contributed by atoms with Crippen LogP contribution in [0.2, 0.25) is 0 Å². The van der Waals surface area contributed by atoms with Gasteiger partial charge in [-0.25, -0.2) is 4.79 Å². The number of rotatable bonds is 23. The highest BCUT2D eigenvalue weighted by atomic mass is 32.1. The second-order valence-corrected chi connectivity index (χ2v) is 15.2. The van der Waals surface area contributed by atoms with Crippen LogP contribution in [0, 0.1) is 11.8 Å². The summed E-state index contributed by atoms with van der Waals surface area (Å²) in [5.74, 6) is -4.21. The third kappa shape index (κ3) is 10.3. The summed E-state index contributed by atoms with van der Waals surface area (Å²) in [7, 11) is 1.43. The van der Waals surface area contributed by atoms with Crippen LogP contribution in [0.25, 0.3) is 0 Å². The first-order valence-electron chi connectivity index (χ1n) is 19.6. The number of carbonyl (C=O) groups is 2. The molecule has 0 unspecified atom stereocenters. The minimum absolute atomic E-state index is 0.0550. The lowest BCUT2D eigenvalue weighted by atomic mass is 9.75. The van der Waals surface area contributed by atoms with Gasteiger partial charge in [0.15, 0.2) is 17.0 Å². The highest BCUT2D eigenvalue weighted by molar-refractivity contribution is 7.80. The Labute approximate surface area is 322 Å². The lowest BCUT2D eigenvalue weighted by molar-refractivity contribution is -0.170. The molecule has 2 aliphatic rings. The van der Waals surface area contributed by atoms with E-state index in [0.29, 0.717) is 19.6 Å². The van der Waals surface area contributed by atoms with E-state index in [-0.39, 0.29) is 24.1 Å². The van der Waals surface area contributed by atoms with Crippen molar-refractivity contribution in [2.24, 2.45) is 11.8 Å². The van der Waals surface area contributed by atoms with Crippen molar-refractivity contribution < 1.29 is 38.7 Å². The molecule has 4 rings (SSSR count). The summed E-state index contributed by atoms with van der Waals surface area (Å²) in [6.07, 6.45) is 15.4. The Kier molecular flexibility index (Phi) is 16.5. The molecule has 2 fully saturated rings. The molecule has 2 heterocycles. The summed E-state index contributed by atoms with van der Waals surface area (Å²) in [4.78, 5) is 29.1. The molecule has 9 nitrogen and oxygen atoms in total. The van der Waals surface area contributed by atoms with Crippen LogP contribution in [0.15, 0.2) is 72.8 Å². The smallest absolute Gasteiger partial charge is 0.336 e. The van der Waals surface area contributed by atoms with Crippen LogP contribution >= 0.6 is 12.2 Å². The molecule has 0 radical (unpaired) electrons. The molecule has 2 aromatic carbocycles. The summed E-state index contributed by atoms with van der Waals surface area (Å²) in [6, 6.07) is 18.6. The van der Waals surface area contributed by atoms with Gasteiger partial charge in [-0.3, -0.25) is 9.69 Å². The first kappa shape index (κ1) is 42.6. The molecule has 1 amide bonds. The number of aliphatic carboxylic acids is 1. The molecule has 0 aromatic heterocycles. The molecule has 53 heavy (non-hydrogen) atoms. The van der Waals surface area contributed by atoms with Crippen LogP contribution in [-0.2, 0) is 34.1 Å². The first-order valence-corrected chi connectivity index (χ1v) is 20.0. The van der Waals surface area contributed by atoms with E-state index in [0.717, 1.165) is 56.1 Å². The molecule has 0 bridgehead atoms. The van der Waals surface area contributed by atoms with Gasteiger partial charge in [-0.2, -0.15) is 0 Å². The maximum atomic E-state index is 14.8. The maximum Gasteiger partial charge on any atom is 0.336 e. The SMILES string of the molecule is CCCCCCCC1(CCCCCC/C=C/[C@H](C(=O)N2C(=S)OC(c3ccccc3)(c3ccccc3)[C@@H]2C(C)C)[C@@](O)(CCOC)C(=O)O)OCCO1. The van der Waals surface area contributed by atoms with Crippen LogP contribution in [-0.4, -0.2) is 76.5 Å². The number of benzene rings is 2. The van der Waals surface area contributed by atoms with Gasteiger partial charge in [0.25, 0.3) is 5.17 Å². The molecular weight excluding hydrogens is 691 g/mol. The first-order chi connectivity index (χ1) is 25.6. The fourth-order valence-corrected chi connectivity index (χ4v) is 8.27. The van der Waals surface area contributed by atoms with E-state index in [2.05, 4.69) is 6.92 Å². The van der Waals surface area contributed by atoms with E-state index in [9.17, 15) is 19.8 Å². The number of carboxylic acids is 1. The van der Waals surface area contributed by atoms with Gasteiger partial charge in [0, 0.05) is 44.1 Å². The summed E-state index contributed by atoms with van der Waals surface area (Å²) in [5.41, 5.74) is -1.98. The van der Waals surface area contributed by atoms with Crippen molar-refractivity contribution in [3.63, 3.8) is 0 Å². The van der Waals surface area contributed by atoms with Crippen molar-refractivity contribution in [1.82, 2.24) is 4.90 Å². The van der Waals surface area contributed by atoms with Crippen LogP contribution < -0.4 is 0 Å². The number of allylic oxidation sites excluding steroid dienone is 1. The van der Waals surface area contributed by atoms with Crippen LogP contribution in [0.5, 0.6) is 0 Å². The number of hydrogen-bond acceptors (Lipinski definition) is 8. The minimum Gasteiger partial charge on any atom is -0.479 e. The number of carboxylic acid groups (broad SMARTS) is 1. The second-order valence-electron chi connectivity index (χ2n) is 14.8. The van der Waals surface area contributed by atoms with Gasteiger partial charge < -0.3 is 29.2 Å². The zero-order valence-corrected chi connectivity index (χ0v) is 33.0. The quantitative estimate of drug-likeness (QED) is 0.0655. The molecule has 10 heteroatoms. The zero-order chi connectivity index (χ0) is 38.3. The topological polar surface area (TPSA) is 115 Å². The number of hydrogen-bond donors (Lipinski definition) is 2. The maximum absolute atomic E-state index is 14.8. The van der Waals surface area contributed by atoms with E-state index in [1.807, 2.05) is 80.6 Å². The van der Waals surface area contributed by atoms with Gasteiger partial charge in [-0.05, 0) is 43.8 Å². The molecule has 2 aliphatic heterocycles. The Bertz CT molecular complexity index is 1420. The lowest BCUT2D eigenvalue weighted by Gasteiger charge is -2.39. The van der Waals surface area contributed by atoms with Gasteiger partial charge in [0.1, 0.15) is 0 Å². The van der Waals surface area contributed by atoms with E-state index in [1.54, 1.807) is 6.08 Å². The Balaban J connectivity index is 1.51. The van der Waals surface area contributed by atoms with Crippen molar-refractivity contribution in [3.8, 4) is 0 Å². The number of thiocarbonyl (C=S) groups is 1. The Morgan fingerprint density at radius 3 is 1.98 bits per heavy atom. The Morgan fingerprint density at radius 1 is 0.925 bits per heavy atom. The fraction of sp³-hybridized carbons (Fsp3) is 0.605. The second kappa shape index (κ2) is 20.5. The van der Waals surface area contributed by atoms with Crippen LogP contribution in [0.3, 0.4) is 0 Å². The van der Waals surface area contributed by atoms with E-state index < -0.39 is 40.8 Å². The highest BCUT2D eigenvalue weighted by Crippen LogP contribution is 2.48. The molecule has 2 aromatic rings. The molecule has 0 saturated carbocycles. The van der Waals surface area contributed by atoms with Gasteiger partial charge >= 0.3 is 5.97 Å². The molecule has 0 aliphatic carbocycles. The molecule has 292 valence electrons. The number of carbonyl (C=O) groups excluding carboxylic acids is 1. The molecular formula is C43H61NO8S. The summed E-state index contributed by atoms with van der Waals surface area (Å²) < 4.78 is 24.0. The summed E-state index contributed by atoms with van der Waals surface area (Å²) in [5, 5.41) is 22.2. The predicted octanol–water partition coefficient (Wildman–Crippen LogP) is 8.57. The minimum atomic E-state index is -2.45. The normalized spacial score (nSPS) is 19.8. The van der Waals surface area contributed by atoms with Gasteiger partial charge in [-0.15, -0.1) is 0 Å². The van der Waals surface area contributed by atoms with Gasteiger partial charge in [-0.1, -0.05) is 132 Å². The van der Waals surface area contributed by atoms with Crippen molar-refractivity contribution >= 4 is 29.3 Å². The van der Waals surface area contributed by atoms with Crippen molar-refractivity contribution in [1.29, 1.82) is 0 Å². The van der Waals surface area contributed by atoms with Crippen molar-refractivity contribution in [2.75, 3.05) is 26.9 Å². The number of aliphatic hydroxyl groups is 1. The third-order valence-corrected chi connectivity index (χ3v) is 11.0. The van der Waals surface area contributed by atoms with Crippen molar-refractivity contribution in [2.45, 2.75) is 127 Å². The molecule has 2 saturated heterocycles. The average Bonchev–Trinajstić information content (AvgIpc) is 3.76. The van der Waals surface area contributed by atoms with Crippen LogP contribution in [0.4, 0.5) is 0 Å². The third-order valence-electron chi connectivity index (χ3n) is 10.7. The highest BCUT2D eigenvalue weighted by Gasteiger charge is 2.60. The van der Waals surface area contributed by atoms with E-state index >= 15 is 0 Å². The number of methoxy groups -OCH3 is 1. The summed E-state index contributed by atoms with van der Waals surface area (Å²) >= 11 is 5.83. The van der Waals surface area contributed by atoms with Crippen LogP contribution in [0.1, 0.15) is 115 Å². The van der Waals surface area contributed by atoms with Gasteiger partial charge in [0.2, 0.25) is 5.91 Å². The summed E-state index contributed by atoms with van der Waals surface area (Å²) in [6.45, 7) is 7.45. The van der Waals surface area contributed by atoms with E-state index in [1.165, 1.54) is 37.7 Å². The zero-order valence-electron chi connectivity index (χ0n) is 32.2. The standard InChI is InChI=1S/C43H61NO8S/c1-5-6-7-11-20-27-41(50-31-32-51-41)28-21-12-9-8-10-19-26-36(42(48,39(46)47)29-30-49-4)38(45)44-37(33(2)3)43(52-40(44)53,34-22-15-13-16-23-34)35-24-17-14-18-25-35/h13-19,22-26,33,36-37,48H,5-12,20-21,27-32H2,1-4H3,(H,46,47)/b26-19+/t36-,37+,42+/m1/s1. The number of amides is 1. The largest absolute Gasteiger partial charge is 0.479 e. The average molecular weight is 752 g/mol. The lowest BCUT2D eigenvalue weighted by Crippen LogP contribution is -2.57. The van der Waals surface area contributed by atoms with Crippen molar-refractivity contribution in [3.05, 3.63) is 83.9 Å². The molecule has 3 atom stereocenters. The molecule has 2 N–H and O–H groups in total. The number of unbranched alkanes of at least 4 members (excludes halogenated alkanes) is 8. The Hall–Kier alpha value is -3.15. The number of ether oxygens (including phenoxy) is 4. The monoisotopic (exact) mass is 751 g/mol. The Morgan fingerprint density at radius 2 is 1.47 bits per heavy atom.